The second kappa shape index (κ2) is 2.27. The Balaban J connectivity index is 2.67. The van der Waals surface area contributed by atoms with Crippen molar-refractivity contribution in [1.29, 1.82) is 0 Å². The predicted octanol–water partition coefficient (Wildman–Crippen LogP) is 2.06. The summed E-state index contributed by atoms with van der Waals surface area (Å²) in [6, 6.07) is 0. The normalized spacial score (nSPS) is 18.8. The van der Waals surface area contributed by atoms with Crippen molar-refractivity contribution in [1.82, 2.24) is 5.32 Å². The summed E-state index contributed by atoms with van der Waals surface area (Å²) in [7, 11) is 0. The molecule has 0 saturated carbocycles. The summed E-state index contributed by atoms with van der Waals surface area (Å²) in [6.07, 6.45) is 1.83. The number of rotatable bonds is 0. The minimum absolute atomic E-state index is 1.14. The first-order valence-corrected chi connectivity index (χ1v) is 3.38. The zero-order chi connectivity index (χ0) is 5.98. The van der Waals surface area contributed by atoms with Gasteiger partial charge in [0.15, 0.2) is 0 Å². The number of thioether (sulfide) groups is 1. The van der Waals surface area contributed by atoms with Crippen LogP contribution in [0.15, 0.2) is 22.2 Å². The first-order chi connectivity index (χ1) is 3.80. The van der Waals surface area contributed by atoms with Crippen LogP contribution < -0.4 is 5.32 Å². The smallest absolute Gasteiger partial charge is 0.0468 e. The van der Waals surface area contributed by atoms with Crippen molar-refractivity contribution in [3.05, 3.63) is 22.2 Å². The van der Waals surface area contributed by atoms with Gasteiger partial charge in [0.05, 0.1) is 0 Å². The van der Waals surface area contributed by atoms with E-state index < -0.39 is 0 Å². The molecule has 1 aliphatic rings. The Hall–Kier alpha value is -0.370. The third-order valence-electron chi connectivity index (χ3n) is 1.08. The van der Waals surface area contributed by atoms with Gasteiger partial charge >= 0.3 is 0 Å². The van der Waals surface area contributed by atoms with E-state index >= 15 is 0 Å². The van der Waals surface area contributed by atoms with Crippen LogP contribution in [-0.2, 0) is 0 Å². The average molecular weight is 126 g/mol. The maximum Gasteiger partial charge on any atom is 0.0468 e. The maximum absolute atomic E-state index is 4.09. The molecule has 8 heavy (non-hydrogen) atoms. The summed E-state index contributed by atoms with van der Waals surface area (Å²) in [5.41, 5.74) is 1.14. The SMILES string of the molecule is CC1=C(C)SC=C[N]1. The molecular weight excluding hydrogens is 118 g/mol. The van der Waals surface area contributed by atoms with E-state index in [9.17, 15) is 0 Å². The van der Waals surface area contributed by atoms with E-state index in [0.29, 0.717) is 0 Å². The van der Waals surface area contributed by atoms with E-state index in [1.54, 1.807) is 11.8 Å². The van der Waals surface area contributed by atoms with Crippen LogP contribution in [0.3, 0.4) is 0 Å². The van der Waals surface area contributed by atoms with Gasteiger partial charge in [0.1, 0.15) is 0 Å². The van der Waals surface area contributed by atoms with Crippen molar-refractivity contribution in [3.63, 3.8) is 0 Å². The van der Waals surface area contributed by atoms with Crippen LogP contribution in [0.25, 0.3) is 0 Å². The second-order valence-electron chi connectivity index (χ2n) is 1.67. The predicted molar refractivity (Wildman–Crippen MR) is 37.2 cm³/mol. The minimum atomic E-state index is 1.14. The van der Waals surface area contributed by atoms with Gasteiger partial charge in [-0.3, -0.25) is 5.32 Å². The molecule has 0 aromatic carbocycles. The maximum atomic E-state index is 4.09. The Kier molecular flexibility index (Phi) is 1.63. The fraction of sp³-hybridized carbons (Fsp3) is 0.333. The summed E-state index contributed by atoms with van der Waals surface area (Å²) < 4.78 is 0. The fourth-order valence-electron chi connectivity index (χ4n) is 0.451. The highest BCUT2D eigenvalue weighted by Gasteiger charge is 1.98. The van der Waals surface area contributed by atoms with Crippen molar-refractivity contribution in [3.8, 4) is 0 Å². The van der Waals surface area contributed by atoms with E-state index in [-0.39, 0.29) is 0 Å². The Morgan fingerprint density at radius 1 is 1.50 bits per heavy atom. The van der Waals surface area contributed by atoms with E-state index in [1.165, 1.54) is 4.91 Å². The average Bonchev–Trinajstić information content (AvgIpc) is 1.77. The van der Waals surface area contributed by atoms with Crippen molar-refractivity contribution in [2.75, 3.05) is 0 Å². The van der Waals surface area contributed by atoms with Crippen molar-refractivity contribution in [2.24, 2.45) is 0 Å². The van der Waals surface area contributed by atoms with Gasteiger partial charge in [-0.05, 0) is 19.3 Å². The van der Waals surface area contributed by atoms with Crippen molar-refractivity contribution >= 4 is 11.8 Å². The molecule has 2 heteroatoms. The molecule has 1 radical (unpaired) electrons. The van der Waals surface area contributed by atoms with Gasteiger partial charge < -0.3 is 0 Å². The monoisotopic (exact) mass is 126 g/mol. The molecule has 0 unspecified atom stereocenters. The molecule has 0 spiro atoms. The number of nitrogens with zero attached hydrogens (tertiary/aromatic N) is 1. The van der Waals surface area contributed by atoms with Crippen molar-refractivity contribution in [2.45, 2.75) is 13.8 Å². The molecule has 1 nitrogen and oxygen atoms in total. The highest BCUT2D eigenvalue weighted by atomic mass is 32.2. The third kappa shape index (κ3) is 1.07. The van der Waals surface area contributed by atoms with E-state index in [4.69, 9.17) is 0 Å². The van der Waals surface area contributed by atoms with Gasteiger partial charge in [-0.25, -0.2) is 0 Å². The lowest BCUT2D eigenvalue weighted by Crippen LogP contribution is -1.96. The molecule has 1 aliphatic heterocycles. The Labute approximate surface area is 53.9 Å². The van der Waals surface area contributed by atoms with Crippen LogP contribution in [0.1, 0.15) is 13.8 Å². The molecule has 0 N–H and O–H groups in total. The first kappa shape index (κ1) is 5.76. The molecule has 0 fully saturated rings. The Morgan fingerprint density at radius 2 is 2.25 bits per heavy atom. The molecule has 0 amide bonds. The lowest BCUT2D eigenvalue weighted by Gasteiger charge is -2.05. The molecular formula is C6H8NS. The van der Waals surface area contributed by atoms with Crippen molar-refractivity contribution < 1.29 is 0 Å². The highest BCUT2D eigenvalue weighted by Crippen LogP contribution is 2.22. The number of hydrogen-bond acceptors (Lipinski definition) is 1. The molecule has 0 aromatic heterocycles. The van der Waals surface area contributed by atoms with Gasteiger partial charge in [0.25, 0.3) is 0 Å². The number of hydrogen-bond donors (Lipinski definition) is 0. The van der Waals surface area contributed by atoms with Crippen LogP contribution in [0.4, 0.5) is 0 Å². The van der Waals surface area contributed by atoms with Gasteiger partial charge in [0, 0.05) is 16.8 Å². The highest BCUT2D eigenvalue weighted by molar-refractivity contribution is 8.05. The van der Waals surface area contributed by atoms with E-state index in [0.717, 1.165) is 5.70 Å². The van der Waals surface area contributed by atoms with Crippen LogP contribution in [0.2, 0.25) is 0 Å². The van der Waals surface area contributed by atoms with Crippen LogP contribution in [-0.4, -0.2) is 0 Å². The molecule has 43 valence electrons. The largest absolute Gasteiger partial charge is 0.260 e. The Bertz CT molecular complexity index is 131. The van der Waals surface area contributed by atoms with Gasteiger partial charge in [-0.2, -0.15) is 0 Å². The topological polar surface area (TPSA) is 14.1 Å². The third-order valence-corrected chi connectivity index (χ3v) is 1.99. The minimum Gasteiger partial charge on any atom is -0.260 e. The zero-order valence-electron chi connectivity index (χ0n) is 5.01. The summed E-state index contributed by atoms with van der Waals surface area (Å²) >= 11 is 1.73. The molecule has 0 aromatic rings. The zero-order valence-corrected chi connectivity index (χ0v) is 5.83. The Morgan fingerprint density at radius 3 is 2.62 bits per heavy atom. The number of allylic oxidation sites excluding steroid dienone is 2. The lowest BCUT2D eigenvalue weighted by molar-refractivity contribution is 1.02. The summed E-state index contributed by atoms with van der Waals surface area (Å²) in [6.45, 7) is 4.10. The molecule has 0 saturated heterocycles. The van der Waals surface area contributed by atoms with Crippen LogP contribution >= 0.6 is 11.8 Å². The first-order valence-electron chi connectivity index (χ1n) is 2.50. The van der Waals surface area contributed by atoms with Crippen LogP contribution in [0, 0.1) is 0 Å². The molecule has 1 rings (SSSR count). The molecule has 0 bridgehead atoms. The summed E-state index contributed by atoms with van der Waals surface area (Å²) in [5, 5.41) is 6.08. The van der Waals surface area contributed by atoms with E-state index in [1.807, 2.05) is 18.5 Å². The fourth-order valence-corrected chi connectivity index (χ4v) is 1.00. The summed E-state index contributed by atoms with van der Waals surface area (Å²) in [5.74, 6) is 0. The second-order valence-corrected chi connectivity index (χ2v) is 2.79. The standard InChI is InChI=1S/C6H8NS/c1-5-6(2)8-4-3-7-5/h3-4H,1-2H3. The molecule has 1 heterocycles. The van der Waals surface area contributed by atoms with Crippen LogP contribution in [0.5, 0.6) is 0 Å². The van der Waals surface area contributed by atoms with Gasteiger partial charge in [-0.1, -0.05) is 11.8 Å². The quantitative estimate of drug-likeness (QED) is 0.484. The van der Waals surface area contributed by atoms with Gasteiger partial charge in [0.2, 0.25) is 0 Å². The van der Waals surface area contributed by atoms with E-state index in [2.05, 4.69) is 12.2 Å². The summed E-state index contributed by atoms with van der Waals surface area (Å²) in [4.78, 5) is 1.30. The van der Waals surface area contributed by atoms with Gasteiger partial charge in [-0.15, -0.1) is 0 Å². The molecule has 0 atom stereocenters. The molecule has 0 aliphatic carbocycles. The lowest BCUT2D eigenvalue weighted by atomic mass is 10.4.